The quantitative estimate of drug-likeness (QED) is 0.720. The van der Waals surface area contributed by atoms with Crippen molar-refractivity contribution < 1.29 is 19.1 Å². The monoisotopic (exact) mass is 231 g/mol. The molecule has 0 spiro atoms. The molecule has 1 aliphatic rings. The molecule has 92 valence electrons. The molecule has 0 aromatic heterocycles. The Hall–Kier alpha value is -1.13. The fourth-order valence-electron chi connectivity index (χ4n) is 2.00. The van der Waals surface area contributed by atoms with Crippen LogP contribution in [0.3, 0.4) is 0 Å². The lowest BCUT2D eigenvalue weighted by atomic mass is 9.99. The van der Waals surface area contributed by atoms with Crippen LogP contribution in [0.2, 0.25) is 0 Å². The second-order valence-electron chi connectivity index (χ2n) is 4.24. The maximum absolute atomic E-state index is 12.3. The molecule has 1 saturated carbocycles. The summed E-state index contributed by atoms with van der Waals surface area (Å²) in [5, 5.41) is 10.9. The molecular weight excluding hydrogens is 213 g/mol. The van der Waals surface area contributed by atoms with Gasteiger partial charge in [0.05, 0.1) is 0 Å². The van der Waals surface area contributed by atoms with Crippen molar-refractivity contribution in [2.24, 2.45) is 5.92 Å². The lowest BCUT2D eigenvalue weighted by Crippen LogP contribution is -2.44. The summed E-state index contributed by atoms with van der Waals surface area (Å²) < 4.78 is 12.3. The zero-order chi connectivity index (χ0) is 12.0. The van der Waals surface area contributed by atoms with E-state index < -0.39 is 18.7 Å². The molecule has 16 heavy (non-hydrogen) atoms. The Labute approximate surface area is 94.2 Å². The predicted molar refractivity (Wildman–Crippen MR) is 56.7 cm³/mol. The smallest absolute Gasteiger partial charge is 0.328 e. The third-order valence-corrected chi connectivity index (χ3v) is 2.99. The van der Waals surface area contributed by atoms with Gasteiger partial charge in [0, 0.05) is 5.92 Å². The number of carbonyl (C=O) groups excluding carboxylic acids is 1. The Bertz CT molecular complexity index is 250. The fourth-order valence-corrected chi connectivity index (χ4v) is 2.00. The van der Waals surface area contributed by atoms with Gasteiger partial charge >= 0.3 is 5.97 Å². The van der Waals surface area contributed by atoms with Crippen molar-refractivity contribution in [1.82, 2.24) is 5.32 Å². The van der Waals surface area contributed by atoms with E-state index in [9.17, 15) is 14.0 Å². The Kier molecular flexibility index (Phi) is 5.22. The van der Waals surface area contributed by atoms with Crippen LogP contribution in [-0.2, 0) is 9.59 Å². The highest BCUT2D eigenvalue weighted by Crippen LogP contribution is 2.22. The molecule has 1 aliphatic carbocycles. The molecular formula is C11H18FNO3. The Morgan fingerprint density at radius 2 is 1.81 bits per heavy atom. The lowest BCUT2D eigenvalue weighted by molar-refractivity contribution is -0.143. The molecule has 0 saturated heterocycles. The molecule has 0 radical (unpaired) electrons. The number of amides is 1. The maximum atomic E-state index is 12.3. The molecule has 0 aromatic rings. The second kappa shape index (κ2) is 6.45. The highest BCUT2D eigenvalue weighted by molar-refractivity contribution is 5.85. The van der Waals surface area contributed by atoms with E-state index in [0.717, 1.165) is 38.5 Å². The van der Waals surface area contributed by atoms with Crippen molar-refractivity contribution in [2.75, 3.05) is 6.67 Å². The van der Waals surface area contributed by atoms with Crippen molar-refractivity contribution in [3.8, 4) is 0 Å². The van der Waals surface area contributed by atoms with Crippen molar-refractivity contribution in [3.05, 3.63) is 0 Å². The van der Waals surface area contributed by atoms with Gasteiger partial charge in [-0.05, 0) is 12.8 Å². The molecule has 2 N–H and O–H groups in total. The zero-order valence-electron chi connectivity index (χ0n) is 9.25. The summed E-state index contributed by atoms with van der Waals surface area (Å²) >= 11 is 0. The van der Waals surface area contributed by atoms with Crippen molar-refractivity contribution in [3.63, 3.8) is 0 Å². The van der Waals surface area contributed by atoms with Gasteiger partial charge in [0.1, 0.15) is 6.67 Å². The SMILES string of the molecule is O=C(NC(CF)C(=O)O)C1CCCCCC1. The Morgan fingerprint density at radius 3 is 2.25 bits per heavy atom. The molecule has 1 atom stereocenters. The van der Waals surface area contributed by atoms with Crippen LogP contribution in [0.25, 0.3) is 0 Å². The summed E-state index contributed by atoms with van der Waals surface area (Å²) in [6.45, 7) is -1.06. The van der Waals surface area contributed by atoms with Crippen LogP contribution >= 0.6 is 0 Å². The Balaban J connectivity index is 2.46. The number of alkyl halides is 1. The van der Waals surface area contributed by atoms with E-state index in [-0.39, 0.29) is 11.8 Å². The van der Waals surface area contributed by atoms with Crippen LogP contribution in [0.15, 0.2) is 0 Å². The number of hydrogen-bond acceptors (Lipinski definition) is 2. The molecule has 1 amide bonds. The van der Waals surface area contributed by atoms with Gasteiger partial charge in [-0.2, -0.15) is 0 Å². The minimum Gasteiger partial charge on any atom is -0.480 e. The van der Waals surface area contributed by atoms with Gasteiger partial charge < -0.3 is 10.4 Å². The lowest BCUT2D eigenvalue weighted by Gasteiger charge is -2.17. The van der Waals surface area contributed by atoms with Crippen molar-refractivity contribution >= 4 is 11.9 Å². The third-order valence-electron chi connectivity index (χ3n) is 2.99. The molecule has 0 aliphatic heterocycles. The van der Waals surface area contributed by atoms with E-state index in [1.54, 1.807) is 0 Å². The van der Waals surface area contributed by atoms with Crippen molar-refractivity contribution in [1.29, 1.82) is 0 Å². The normalized spacial score (nSPS) is 19.8. The van der Waals surface area contributed by atoms with E-state index in [1.807, 2.05) is 0 Å². The van der Waals surface area contributed by atoms with E-state index in [0.29, 0.717) is 0 Å². The number of nitrogens with one attached hydrogen (secondary N) is 1. The Morgan fingerprint density at radius 1 is 1.25 bits per heavy atom. The van der Waals surface area contributed by atoms with Gasteiger partial charge in [-0.3, -0.25) is 4.79 Å². The molecule has 0 heterocycles. The average molecular weight is 231 g/mol. The van der Waals surface area contributed by atoms with Crippen LogP contribution in [0.4, 0.5) is 4.39 Å². The van der Waals surface area contributed by atoms with Gasteiger partial charge in [0.2, 0.25) is 5.91 Å². The van der Waals surface area contributed by atoms with E-state index >= 15 is 0 Å². The van der Waals surface area contributed by atoms with Gasteiger partial charge in [-0.25, -0.2) is 9.18 Å². The molecule has 1 unspecified atom stereocenters. The van der Waals surface area contributed by atoms with Crippen LogP contribution in [0.5, 0.6) is 0 Å². The van der Waals surface area contributed by atoms with Gasteiger partial charge in [-0.15, -0.1) is 0 Å². The van der Waals surface area contributed by atoms with Crippen molar-refractivity contribution in [2.45, 2.75) is 44.6 Å². The van der Waals surface area contributed by atoms with Crippen LogP contribution in [0.1, 0.15) is 38.5 Å². The first kappa shape index (κ1) is 12.9. The molecule has 0 bridgehead atoms. The first-order valence-corrected chi connectivity index (χ1v) is 5.74. The third kappa shape index (κ3) is 3.79. The average Bonchev–Trinajstić information content (AvgIpc) is 2.53. The van der Waals surface area contributed by atoms with Crippen LogP contribution in [0, 0.1) is 5.92 Å². The first-order valence-electron chi connectivity index (χ1n) is 5.74. The van der Waals surface area contributed by atoms with E-state index in [1.165, 1.54) is 0 Å². The molecule has 5 heteroatoms. The highest BCUT2D eigenvalue weighted by atomic mass is 19.1. The largest absolute Gasteiger partial charge is 0.480 e. The number of rotatable bonds is 4. The predicted octanol–water partition coefficient (Wildman–Crippen LogP) is 1.50. The summed E-state index contributed by atoms with van der Waals surface area (Å²) in [4.78, 5) is 22.2. The minimum atomic E-state index is -1.39. The topological polar surface area (TPSA) is 66.4 Å². The number of halogens is 1. The van der Waals surface area contributed by atoms with Gasteiger partial charge in [-0.1, -0.05) is 25.7 Å². The summed E-state index contributed by atoms with van der Waals surface area (Å²) in [6.07, 6.45) is 5.79. The second-order valence-corrected chi connectivity index (χ2v) is 4.24. The number of carboxylic acids is 1. The number of aliphatic carboxylic acids is 1. The summed E-state index contributed by atoms with van der Waals surface area (Å²) in [7, 11) is 0. The standard InChI is InChI=1S/C11H18FNO3/c12-7-9(11(15)16)13-10(14)8-5-3-1-2-4-6-8/h8-9H,1-7H2,(H,13,14)(H,15,16). The minimum absolute atomic E-state index is 0.143. The number of hydrogen-bond donors (Lipinski definition) is 2. The number of carboxylic acid groups (broad SMARTS) is 1. The maximum Gasteiger partial charge on any atom is 0.328 e. The summed E-state index contributed by atoms with van der Waals surface area (Å²) in [6, 6.07) is -1.39. The molecule has 0 aromatic carbocycles. The van der Waals surface area contributed by atoms with Crippen LogP contribution in [-0.4, -0.2) is 29.7 Å². The van der Waals surface area contributed by atoms with Gasteiger partial charge in [0.15, 0.2) is 6.04 Å². The zero-order valence-corrected chi connectivity index (χ0v) is 9.25. The first-order chi connectivity index (χ1) is 7.65. The summed E-state index contributed by atoms with van der Waals surface area (Å²) in [5.74, 6) is -1.77. The van der Waals surface area contributed by atoms with E-state index in [2.05, 4.69) is 5.32 Å². The van der Waals surface area contributed by atoms with E-state index in [4.69, 9.17) is 5.11 Å². The fraction of sp³-hybridized carbons (Fsp3) is 0.818. The van der Waals surface area contributed by atoms with Gasteiger partial charge in [0.25, 0.3) is 0 Å². The highest BCUT2D eigenvalue weighted by Gasteiger charge is 2.25. The summed E-state index contributed by atoms with van der Waals surface area (Å²) in [5.41, 5.74) is 0. The van der Waals surface area contributed by atoms with Crippen LogP contribution < -0.4 is 5.32 Å². The molecule has 4 nitrogen and oxygen atoms in total. The molecule has 1 rings (SSSR count). The number of carbonyl (C=O) groups is 2. The molecule has 1 fully saturated rings.